The van der Waals surface area contributed by atoms with Gasteiger partial charge >= 0.3 is 6.18 Å². The van der Waals surface area contributed by atoms with Gasteiger partial charge < -0.3 is 5.32 Å². The molecule has 0 bridgehead atoms. The van der Waals surface area contributed by atoms with Crippen molar-refractivity contribution < 1.29 is 17.6 Å². The van der Waals surface area contributed by atoms with Crippen molar-refractivity contribution in [1.29, 1.82) is 0 Å². The molecule has 0 aromatic heterocycles. The maximum Gasteiger partial charge on any atom is 0.416 e. The zero-order valence-electron chi connectivity index (χ0n) is 10.1. The highest BCUT2D eigenvalue weighted by Crippen LogP contribution is 2.29. The monoisotopic (exact) mass is 347 g/mol. The lowest BCUT2D eigenvalue weighted by Gasteiger charge is -2.11. The molecule has 2 aromatic carbocycles. The van der Waals surface area contributed by atoms with Gasteiger partial charge in [-0.05, 0) is 35.9 Å². The summed E-state index contributed by atoms with van der Waals surface area (Å²) < 4.78 is 51.8. The maximum atomic E-state index is 13.5. The van der Waals surface area contributed by atoms with Gasteiger partial charge in [0.2, 0.25) is 0 Å². The van der Waals surface area contributed by atoms with Crippen LogP contribution in [0.25, 0.3) is 0 Å². The summed E-state index contributed by atoms with van der Waals surface area (Å²) >= 11 is 3.13. The van der Waals surface area contributed by atoms with Crippen LogP contribution >= 0.6 is 15.9 Å². The summed E-state index contributed by atoms with van der Waals surface area (Å²) in [5.74, 6) is -0.466. The Morgan fingerprint density at radius 2 is 1.80 bits per heavy atom. The molecule has 0 heterocycles. The quantitative estimate of drug-likeness (QED) is 0.750. The smallest absolute Gasteiger partial charge is 0.379 e. The first kappa shape index (κ1) is 14.8. The standard InChI is InChI=1S/C14H10BrF4N/c15-11-4-5-13(12(16)7-11)20-8-9-2-1-3-10(6-9)14(17,18)19/h1-7,20H,8H2. The summed E-state index contributed by atoms with van der Waals surface area (Å²) in [6.45, 7) is 0.114. The molecule has 2 rings (SSSR count). The van der Waals surface area contributed by atoms with Crippen LogP contribution in [0.3, 0.4) is 0 Å². The normalized spacial score (nSPS) is 11.4. The first-order valence-electron chi connectivity index (χ1n) is 5.71. The minimum absolute atomic E-state index is 0.114. The largest absolute Gasteiger partial charge is 0.416 e. The molecule has 2 aromatic rings. The maximum absolute atomic E-state index is 13.5. The van der Waals surface area contributed by atoms with Gasteiger partial charge in [0, 0.05) is 11.0 Å². The van der Waals surface area contributed by atoms with Crippen molar-refractivity contribution >= 4 is 21.6 Å². The third kappa shape index (κ3) is 3.72. The SMILES string of the molecule is Fc1cc(Br)ccc1NCc1cccc(C(F)(F)F)c1. The highest BCUT2D eigenvalue weighted by molar-refractivity contribution is 9.10. The summed E-state index contributed by atoms with van der Waals surface area (Å²) in [5, 5.41) is 2.77. The number of benzene rings is 2. The summed E-state index contributed by atoms with van der Waals surface area (Å²) in [4.78, 5) is 0. The Morgan fingerprint density at radius 3 is 2.45 bits per heavy atom. The molecule has 0 aliphatic heterocycles. The number of halogens is 5. The third-order valence-electron chi connectivity index (χ3n) is 2.67. The molecular formula is C14H10BrF4N. The Labute approximate surface area is 121 Å². The Kier molecular flexibility index (Phi) is 4.32. The van der Waals surface area contributed by atoms with E-state index in [2.05, 4.69) is 21.2 Å². The van der Waals surface area contributed by atoms with Crippen molar-refractivity contribution in [3.63, 3.8) is 0 Å². The molecule has 0 fully saturated rings. The van der Waals surface area contributed by atoms with Crippen molar-refractivity contribution in [2.75, 3.05) is 5.32 Å². The number of hydrogen-bond donors (Lipinski definition) is 1. The lowest BCUT2D eigenvalue weighted by molar-refractivity contribution is -0.137. The lowest BCUT2D eigenvalue weighted by atomic mass is 10.1. The zero-order valence-corrected chi connectivity index (χ0v) is 11.7. The van der Waals surface area contributed by atoms with Crippen LogP contribution in [0.2, 0.25) is 0 Å². The van der Waals surface area contributed by atoms with Gasteiger partial charge in [0.1, 0.15) is 5.82 Å². The van der Waals surface area contributed by atoms with Crippen molar-refractivity contribution in [1.82, 2.24) is 0 Å². The van der Waals surface area contributed by atoms with Crippen LogP contribution in [0, 0.1) is 5.82 Å². The van der Waals surface area contributed by atoms with E-state index >= 15 is 0 Å². The molecule has 0 spiro atoms. The molecular weight excluding hydrogens is 338 g/mol. The topological polar surface area (TPSA) is 12.0 Å². The van der Waals surface area contributed by atoms with Crippen LogP contribution in [0.1, 0.15) is 11.1 Å². The molecule has 0 aliphatic carbocycles. The van der Waals surface area contributed by atoms with Crippen LogP contribution in [-0.2, 0) is 12.7 Å². The number of rotatable bonds is 3. The van der Waals surface area contributed by atoms with Crippen molar-refractivity contribution in [3.8, 4) is 0 Å². The highest BCUT2D eigenvalue weighted by Gasteiger charge is 2.30. The molecule has 6 heteroatoms. The summed E-state index contributed by atoms with van der Waals surface area (Å²) in [5.41, 5.74) is -0.0409. The van der Waals surface area contributed by atoms with Crippen molar-refractivity contribution in [3.05, 3.63) is 63.9 Å². The van der Waals surface area contributed by atoms with E-state index in [-0.39, 0.29) is 12.2 Å². The van der Waals surface area contributed by atoms with E-state index in [1.54, 1.807) is 12.1 Å². The van der Waals surface area contributed by atoms with Gasteiger partial charge in [0.15, 0.2) is 0 Å². The Hall–Kier alpha value is -1.56. The Bertz CT molecular complexity index is 610. The minimum Gasteiger partial charge on any atom is -0.379 e. The molecule has 106 valence electrons. The van der Waals surface area contributed by atoms with Gasteiger partial charge in [-0.25, -0.2) is 4.39 Å². The first-order valence-corrected chi connectivity index (χ1v) is 6.50. The average Bonchev–Trinajstić information content (AvgIpc) is 2.37. The average molecular weight is 348 g/mol. The van der Waals surface area contributed by atoms with Crippen LogP contribution in [0.4, 0.5) is 23.2 Å². The second-order valence-corrected chi connectivity index (χ2v) is 5.09. The lowest BCUT2D eigenvalue weighted by Crippen LogP contribution is -2.07. The van der Waals surface area contributed by atoms with Gasteiger partial charge in [-0.3, -0.25) is 0 Å². The Morgan fingerprint density at radius 1 is 1.05 bits per heavy atom. The molecule has 0 aliphatic rings. The molecule has 20 heavy (non-hydrogen) atoms. The number of anilines is 1. The van der Waals surface area contributed by atoms with Crippen LogP contribution in [0.15, 0.2) is 46.9 Å². The summed E-state index contributed by atoms with van der Waals surface area (Å²) in [7, 11) is 0. The third-order valence-corrected chi connectivity index (χ3v) is 3.16. The molecule has 0 saturated carbocycles. The Balaban J connectivity index is 2.11. The molecule has 0 radical (unpaired) electrons. The number of nitrogens with one attached hydrogen (secondary N) is 1. The molecule has 0 atom stereocenters. The van der Waals surface area contributed by atoms with E-state index in [1.807, 2.05) is 0 Å². The van der Waals surface area contributed by atoms with E-state index in [0.717, 1.165) is 12.1 Å². The molecule has 0 saturated heterocycles. The second-order valence-electron chi connectivity index (χ2n) is 4.18. The van der Waals surface area contributed by atoms with Gasteiger partial charge in [0.05, 0.1) is 11.3 Å². The number of hydrogen-bond acceptors (Lipinski definition) is 1. The first-order chi connectivity index (χ1) is 9.36. The molecule has 1 nitrogen and oxygen atoms in total. The molecule has 0 unspecified atom stereocenters. The fraction of sp³-hybridized carbons (Fsp3) is 0.143. The van der Waals surface area contributed by atoms with Crippen molar-refractivity contribution in [2.24, 2.45) is 0 Å². The van der Waals surface area contributed by atoms with Crippen LogP contribution in [0.5, 0.6) is 0 Å². The summed E-state index contributed by atoms with van der Waals surface area (Å²) in [6, 6.07) is 9.39. The number of alkyl halides is 3. The zero-order chi connectivity index (χ0) is 14.8. The van der Waals surface area contributed by atoms with E-state index in [4.69, 9.17) is 0 Å². The van der Waals surface area contributed by atoms with Crippen LogP contribution in [-0.4, -0.2) is 0 Å². The fourth-order valence-electron chi connectivity index (χ4n) is 1.69. The van der Waals surface area contributed by atoms with E-state index in [1.165, 1.54) is 18.2 Å². The minimum atomic E-state index is -4.38. The second kappa shape index (κ2) is 5.83. The summed E-state index contributed by atoms with van der Waals surface area (Å²) in [6.07, 6.45) is -4.38. The predicted molar refractivity (Wildman–Crippen MR) is 72.9 cm³/mol. The van der Waals surface area contributed by atoms with E-state index < -0.39 is 17.6 Å². The van der Waals surface area contributed by atoms with Gasteiger partial charge in [-0.2, -0.15) is 13.2 Å². The van der Waals surface area contributed by atoms with E-state index in [0.29, 0.717) is 10.0 Å². The van der Waals surface area contributed by atoms with Gasteiger partial charge in [-0.1, -0.05) is 28.1 Å². The van der Waals surface area contributed by atoms with Crippen molar-refractivity contribution in [2.45, 2.75) is 12.7 Å². The van der Waals surface area contributed by atoms with Gasteiger partial charge in [0.25, 0.3) is 0 Å². The van der Waals surface area contributed by atoms with Gasteiger partial charge in [-0.15, -0.1) is 0 Å². The molecule has 1 N–H and O–H groups in total. The van der Waals surface area contributed by atoms with E-state index in [9.17, 15) is 17.6 Å². The molecule has 0 amide bonds. The predicted octanol–water partition coefficient (Wildman–Crippen LogP) is 5.22. The fourth-order valence-corrected chi connectivity index (χ4v) is 2.02. The highest BCUT2D eigenvalue weighted by atomic mass is 79.9. The van der Waals surface area contributed by atoms with Crippen LogP contribution < -0.4 is 5.32 Å².